The second-order valence-corrected chi connectivity index (χ2v) is 5.97. The van der Waals surface area contributed by atoms with Gasteiger partial charge in [0.25, 0.3) is 0 Å². The summed E-state index contributed by atoms with van der Waals surface area (Å²) in [5.74, 6) is 0.110. The van der Waals surface area contributed by atoms with Gasteiger partial charge in [-0.25, -0.2) is 0 Å². The fourth-order valence-corrected chi connectivity index (χ4v) is 2.90. The molecule has 0 spiro atoms. The number of ether oxygens (including phenoxy) is 1. The summed E-state index contributed by atoms with van der Waals surface area (Å²) in [6.45, 7) is 3.58. The number of hydrogen-bond donors (Lipinski definition) is 2. The predicted octanol–water partition coefficient (Wildman–Crippen LogP) is 1.33. The van der Waals surface area contributed by atoms with E-state index in [0.717, 1.165) is 51.7 Å². The Morgan fingerprint density at radius 3 is 2.41 bits per heavy atom. The average molecular weight is 240 g/mol. The minimum absolute atomic E-state index is 0.0930. The van der Waals surface area contributed by atoms with E-state index in [1.54, 1.807) is 0 Å². The summed E-state index contributed by atoms with van der Waals surface area (Å²) in [5.41, 5.74) is 5.89. The lowest BCUT2D eigenvalue weighted by Gasteiger charge is -2.35. The van der Waals surface area contributed by atoms with Crippen molar-refractivity contribution in [3.8, 4) is 0 Å². The molecule has 0 unspecified atom stereocenters. The van der Waals surface area contributed by atoms with Gasteiger partial charge in [0.2, 0.25) is 5.91 Å². The normalized spacial score (nSPS) is 26.7. The van der Waals surface area contributed by atoms with Gasteiger partial charge >= 0.3 is 0 Å². The second kappa shape index (κ2) is 4.94. The van der Waals surface area contributed by atoms with Crippen molar-refractivity contribution < 1.29 is 9.53 Å². The van der Waals surface area contributed by atoms with E-state index in [-0.39, 0.29) is 17.0 Å². The Labute approximate surface area is 103 Å². The lowest BCUT2D eigenvalue weighted by molar-refractivity contribution is -0.125. The molecular formula is C13H24N2O2. The average Bonchev–Trinajstić information content (AvgIpc) is 2.64. The van der Waals surface area contributed by atoms with Crippen molar-refractivity contribution in [3.05, 3.63) is 0 Å². The molecule has 4 nitrogen and oxygen atoms in total. The largest absolute Gasteiger partial charge is 0.381 e. The third kappa shape index (κ3) is 3.42. The Morgan fingerprint density at radius 1 is 1.24 bits per heavy atom. The van der Waals surface area contributed by atoms with Crippen LogP contribution in [0.25, 0.3) is 0 Å². The van der Waals surface area contributed by atoms with Crippen LogP contribution in [-0.2, 0) is 9.53 Å². The van der Waals surface area contributed by atoms with E-state index in [0.29, 0.717) is 6.42 Å². The van der Waals surface area contributed by atoms with Gasteiger partial charge in [-0.15, -0.1) is 0 Å². The van der Waals surface area contributed by atoms with Crippen molar-refractivity contribution in [1.82, 2.24) is 5.32 Å². The number of nitrogens with two attached hydrogens (primary N) is 1. The summed E-state index contributed by atoms with van der Waals surface area (Å²) >= 11 is 0. The topological polar surface area (TPSA) is 64.4 Å². The molecule has 0 atom stereocenters. The molecule has 98 valence electrons. The number of carbonyl (C=O) groups excluding carboxylic acids is 1. The van der Waals surface area contributed by atoms with E-state index in [4.69, 9.17) is 10.5 Å². The molecule has 2 rings (SSSR count). The van der Waals surface area contributed by atoms with Crippen LogP contribution in [0, 0.1) is 0 Å². The highest BCUT2D eigenvalue weighted by molar-refractivity contribution is 5.78. The molecule has 1 aliphatic carbocycles. The summed E-state index contributed by atoms with van der Waals surface area (Å²) in [7, 11) is 0. The lowest BCUT2D eigenvalue weighted by atomic mass is 9.90. The molecule has 1 aliphatic heterocycles. The highest BCUT2D eigenvalue weighted by Gasteiger charge is 2.34. The molecule has 1 heterocycles. The van der Waals surface area contributed by atoms with Crippen LogP contribution in [0.2, 0.25) is 0 Å². The maximum Gasteiger partial charge on any atom is 0.222 e. The summed E-state index contributed by atoms with van der Waals surface area (Å²) in [5, 5.41) is 3.15. The highest BCUT2D eigenvalue weighted by Crippen LogP contribution is 2.30. The molecule has 0 bridgehead atoms. The molecule has 1 saturated heterocycles. The zero-order chi connectivity index (χ0) is 12.4. The van der Waals surface area contributed by atoms with E-state index in [1.165, 1.54) is 0 Å². The fraction of sp³-hybridized carbons (Fsp3) is 0.923. The SMILES string of the molecule is CC1(NC(=O)CC2(N)CCCC2)CCOCC1. The Hall–Kier alpha value is -0.610. The van der Waals surface area contributed by atoms with Crippen molar-refractivity contribution in [2.24, 2.45) is 5.73 Å². The molecule has 0 radical (unpaired) electrons. The molecule has 17 heavy (non-hydrogen) atoms. The van der Waals surface area contributed by atoms with Crippen LogP contribution in [0.3, 0.4) is 0 Å². The molecular weight excluding hydrogens is 216 g/mol. The van der Waals surface area contributed by atoms with E-state index in [1.807, 2.05) is 0 Å². The molecule has 0 aromatic carbocycles. The van der Waals surface area contributed by atoms with Gasteiger partial charge in [0, 0.05) is 30.7 Å². The van der Waals surface area contributed by atoms with Gasteiger partial charge in [0.15, 0.2) is 0 Å². The first-order valence-corrected chi connectivity index (χ1v) is 6.69. The molecule has 4 heteroatoms. The number of carbonyl (C=O) groups is 1. The third-order valence-corrected chi connectivity index (χ3v) is 4.15. The first kappa shape index (κ1) is 12.8. The third-order valence-electron chi connectivity index (χ3n) is 4.15. The first-order chi connectivity index (χ1) is 8.02. The summed E-state index contributed by atoms with van der Waals surface area (Å²) in [4.78, 5) is 12.0. The molecule has 0 aromatic rings. The zero-order valence-electron chi connectivity index (χ0n) is 10.8. The molecule has 2 fully saturated rings. The number of amides is 1. The zero-order valence-corrected chi connectivity index (χ0v) is 10.8. The van der Waals surface area contributed by atoms with Gasteiger partial charge in [0.1, 0.15) is 0 Å². The van der Waals surface area contributed by atoms with Crippen molar-refractivity contribution in [1.29, 1.82) is 0 Å². The van der Waals surface area contributed by atoms with Crippen LogP contribution >= 0.6 is 0 Å². The molecule has 1 saturated carbocycles. The van der Waals surface area contributed by atoms with Gasteiger partial charge < -0.3 is 15.8 Å². The van der Waals surface area contributed by atoms with Crippen molar-refractivity contribution in [2.75, 3.05) is 13.2 Å². The monoisotopic (exact) mass is 240 g/mol. The minimum Gasteiger partial charge on any atom is -0.381 e. The van der Waals surface area contributed by atoms with E-state index in [2.05, 4.69) is 12.2 Å². The van der Waals surface area contributed by atoms with Crippen LogP contribution < -0.4 is 11.1 Å². The second-order valence-electron chi connectivity index (χ2n) is 5.97. The summed E-state index contributed by atoms with van der Waals surface area (Å²) < 4.78 is 5.32. The molecule has 0 aromatic heterocycles. The number of nitrogens with one attached hydrogen (secondary N) is 1. The van der Waals surface area contributed by atoms with Crippen molar-refractivity contribution >= 4 is 5.91 Å². The van der Waals surface area contributed by atoms with Crippen LogP contribution in [0.1, 0.15) is 51.9 Å². The number of rotatable bonds is 3. The van der Waals surface area contributed by atoms with Crippen LogP contribution in [-0.4, -0.2) is 30.2 Å². The lowest BCUT2D eigenvalue weighted by Crippen LogP contribution is -2.52. The van der Waals surface area contributed by atoms with E-state index < -0.39 is 0 Å². The van der Waals surface area contributed by atoms with Gasteiger partial charge in [0.05, 0.1) is 0 Å². The first-order valence-electron chi connectivity index (χ1n) is 6.69. The van der Waals surface area contributed by atoms with Crippen molar-refractivity contribution in [2.45, 2.75) is 62.9 Å². The predicted molar refractivity (Wildman–Crippen MR) is 66.6 cm³/mol. The molecule has 3 N–H and O–H groups in total. The maximum absolute atomic E-state index is 12.0. The van der Waals surface area contributed by atoms with Gasteiger partial charge in [-0.05, 0) is 32.6 Å². The Kier molecular flexibility index (Phi) is 3.73. The summed E-state index contributed by atoms with van der Waals surface area (Å²) in [6, 6.07) is 0. The standard InChI is InChI=1S/C13H24N2O2/c1-12(6-8-17-9-7-12)15-11(16)10-13(14)4-2-3-5-13/h2-10,14H2,1H3,(H,15,16). The van der Waals surface area contributed by atoms with Crippen LogP contribution in [0.5, 0.6) is 0 Å². The van der Waals surface area contributed by atoms with Gasteiger partial charge in [-0.1, -0.05) is 12.8 Å². The van der Waals surface area contributed by atoms with Crippen LogP contribution in [0.4, 0.5) is 0 Å². The Morgan fingerprint density at radius 2 is 1.82 bits per heavy atom. The van der Waals surface area contributed by atoms with Crippen LogP contribution in [0.15, 0.2) is 0 Å². The smallest absolute Gasteiger partial charge is 0.222 e. The van der Waals surface area contributed by atoms with E-state index in [9.17, 15) is 4.79 Å². The number of hydrogen-bond acceptors (Lipinski definition) is 3. The Balaban J connectivity index is 1.84. The fourth-order valence-electron chi connectivity index (χ4n) is 2.90. The minimum atomic E-state index is -0.244. The van der Waals surface area contributed by atoms with E-state index >= 15 is 0 Å². The molecule has 1 amide bonds. The molecule has 2 aliphatic rings. The highest BCUT2D eigenvalue weighted by atomic mass is 16.5. The Bertz CT molecular complexity index is 279. The van der Waals surface area contributed by atoms with Gasteiger partial charge in [-0.2, -0.15) is 0 Å². The van der Waals surface area contributed by atoms with Gasteiger partial charge in [-0.3, -0.25) is 4.79 Å². The maximum atomic E-state index is 12.0. The quantitative estimate of drug-likeness (QED) is 0.782. The van der Waals surface area contributed by atoms with Crippen molar-refractivity contribution in [3.63, 3.8) is 0 Å². The summed E-state index contributed by atoms with van der Waals surface area (Å²) in [6.07, 6.45) is 6.57.